The number of thiazole rings is 1. The number of fused-ring (bicyclic) bond motifs is 1. The molecule has 0 saturated carbocycles. The Morgan fingerprint density at radius 2 is 2.00 bits per heavy atom. The first-order valence-electron chi connectivity index (χ1n) is 4.17. The second-order valence-electron chi connectivity index (χ2n) is 2.41. The fraction of sp³-hybridized carbons (Fsp3) is 0.444. The van der Waals surface area contributed by atoms with Crippen LogP contribution in [0.15, 0.2) is 11.6 Å². The fourth-order valence-electron chi connectivity index (χ4n) is 1.01. The van der Waals surface area contributed by atoms with Crippen LogP contribution in [0.4, 0.5) is 0 Å². The van der Waals surface area contributed by atoms with Gasteiger partial charge in [-0.25, -0.2) is 4.98 Å². The van der Waals surface area contributed by atoms with Gasteiger partial charge in [-0.1, -0.05) is 13.8 Å². The number of aryl methyl sites for hydroxylation is 2. The Labute approximate surface area is 76.9 Å². The number of hydrogen-bond donors (Lipinski definition) is 0. The van der Waals surface area contributed by atoms with Crippen molar-refractivity contribution in [3.63, 3.8) is 0 Å². The van der Waals surface area contributed by atoms with Crippen LogP contribution >= 0.6 is 11.3 Å². The molecule has 0 N–H and O–H groups in total. The summed E-state index contributed by atoms with van der Waals surface area (Å²) >= 11 is 1.69. The quantitative estimate of drug-likeness (QED) is 0.612. The van der Waals surface area contributed by atoms with Crippen LogP contribution < -0.4 is 0 Å². The smallest absolute Gasteiger partial charge is 0.194 e. The van der Waals surface area contributed by atoms with E-state index in [0.29, 0.717) is 0 Å². The average Bonchev–Trinajstić information content (AvgIpc) is 2.58. The summed E-state index contributed by atoms with van der Waals surface area (Å²) in [5.74, 6) is 0. The monoisotopic (exact) mass is 182 g/mol. The van der Waals surface area contributed by atoms with E-state index in [1.54, 1.807) is 11.3 Å². The Morgan fingerprint density at radius 1 is 1.33 bits per heavy atom. The van der Waals surface area contributed by atoms with E-state index in [2.05, 4.69) is 27.9 Å². The van der Waals surface area contributed by atoms with Crippen LogP contribution in [0.25, 0.3) is 4.96 Å². The van der Waals surface area contributed by atoms with Crippen LogP contribution in [-0.4, -0.2) is 9.38 Å². The first kappa shape index (κ1) is 9.26. The molecule has 0 aliphatic rings. The summed E-state index contributed by atoms with van der Waals surface area (Å²) in [6, 6.07) is 0. The lowest BCUT2D eigenvalue weighted by molar-refractivity contribution is 1.13. The van der Waals surface area contributed by atoms with E-state index in [-0.39, 0.29) is 0 Å². The topological polar surface area (TPSA) is 17.3 Å². The zero-order chi connectivity index (χ0) is 9.14. The van der Waals surface area contributed by atoms with Crippen molar-refractivity contribution in [2.75, 3.05) is 0 Å². The molecule has 66 valence electrons. The zero-order valence-electron chi connectivity index (χ0n) is 7.96. The molecule has 2 heterocycles. The lowest BCUT2D eigenvalue weighted by Crippen LogP contribution is -1.77. The van der Waals surface area contributed by atoms with Crippen molar-refractivity contribution in [3.8, 4) is 0 Å². The summed E-state index contributed by atoms with van der Waals surface area (Å²) < 4.78 is 2.11. The van der Waals surface area contributed by atoms with Gasteiger partial charge < -0.3 is 0 Å². The first-order chi connectivity index (χ1) is 5.77. The molecule has 2 aromatic heterocycles. The second-order valence-corrected chi connectivity index (χ2v) is 3.25. The van der Waals surface area contributed by atoms with Crippen LogP contribution in [0.2, 0.25) is 0 Å². The number of hydrogen-bond acceptors (Lipinski definition) is 2. The van der Waals surface area contributed by atoms with Gasteiger partial charge in [-0.2, -0.15) is 0 Å². The summed E-state index contributed by atoms with van der Waals surface area (Å²) in [5.41, 5.74) is 2.36. The van der Waals surface area contributed by atoms with Crippen LogP contribution in [0.3, 0.4) is 0 Å². The summed E-state index contributed by atoms with van der Waals surface area (Å²) in [6.45, 7) is 8.10. The molecule has 2 nitrogen and oxygen atoms in total. The Balaban J connectivity index is 0.000000336. The van der Waals surface area contributed by atoms with Crippen molar-refractivity contribution in [1.29, 1.82) is 0 Å². The molecule has 0 radical (unpaired) electrons. The Morgan fingerprint density at radius 3 is 2.58 bits per heavy atom. The largest absolute Gasteiger partial charge is 0.295 e. The maximum Gasteiger partial charge on any atom is 0.194 e. The minimum Gasteiger partial charge on any atom is -0.295 e. The molecule has 0 spiro atoms. The van der Waals surface area contributed by atoms with Gasteiger partial charge in [-0.3, -0.25) is 4.40 Å². The molecule has 0 atom stereocenters. The number of rotatable bonds is 0. The predicted octanol–water partition coefficient (Wildman–Crippen LogP) is 3.04. The maximum atomic E-state index is 4.32. The lowest BCUT2D eigenvalue weighted by Gasteiger charge is -1.83. The van der Waals surface area contributed by atoms with Crippen LogP contribution in [0, 0.1) is 13.8 Å². The summed E-state index contributed by atoms with van der Waals surface area (Å²) in [5, 5.41) is 2.11. The van der Waals surface area contributed by atoms with Gasteiger partial charge in [0.2, 0.25) is 0 Å². The van der Waals surface area contributed by atoms with Gasteiger partial charge in [0.05, 0.1) is 5.69 Å². The highest BCUT2D eigenvalue weighted by Crippen LogP contribution is 2.14. The third-order valence-electron chi connectivity index (χ3n) is 1.51. The highest BCUT2D eigenvalue weighted by Gasteiger charge is 1.99. The van der Waals surface area contributed by atoms with Gasteiger partial charge >= 0.3 is 0 Å². The molecule has 3 heteroatoms. The molecule has 0 saturated heterocycles. The van der Waals surface area contributed by atoms with Crippen molar-refractivity contribution in [2.24, 2.45) is 0 Å². The van der Waals surface area contributed by atoms with Crippen LogP contribution in [-0.2, 0) is 0 Å². The normalized spacial score (nSPS) is 9.67. The number of nitrogens with zero attached hydrogens (tertiary/aromatic N) is 2. The van der Waals surface area contributed by atoms with E-state index in [1.807, 2.05) is 20.8 Å². The van der Waals surface area contributed by atoms with Gasteiger partial charge in [0.1, 0.15) is 0 Å². The third-order valence-corrected chi connectivity index (χ3v) is 2.47. The fourth-order valence-corrected chi connectivity index (χ4v) is 1.90. The lowest BCUT2D eigenvalue weighted by atomic mass is 10.5. The highest BCUT2D eigenvalue weighted by atomic mass is 32.1. The first-order valence-corrected chi connectivity index (χ1v) is 5.05. The molecule has 0 unspecified atom stereocenters. The van der Waals surface area contributed by atoms with Crippen molar-refractivity contribution >= 4 is 16.3 Å². The van der Waals surface area contributed by atoms with E-state index in [9.17, 15) is 0 Å². The second kappa shape index (κ2) is 3.72. The Kier molecular flexibility index (Phi) is 2.87. The molecular formula is C9H14N2S. The molecule has 0 bridgehead atoms. The van der Waals surface area contributed by atoms with E-state index in [1.165, 1.54) is 5.69 Å². The summed E-state index contributed by atoms with van der Waals surface area (Å²) in [7, 11) is 0. The summed E-state index contributed by atoms with van der Waals surface area (Å²) in [6.07, 6.45) is 2.06. The van der Waals surface area contributed by atoms with E-state index in [0.717, 1.165) is 10.7 Å². The minimum atomic E-state index is 1.09. The highest BCUT2D eigenvalue weighted by molar-refractivity contribution is 7.15. The molecule has 0 fully saturated rings. The molecule has 12 heavy (non-hydrogen) atoms. The molecule has 2 rings (SSSR count). The van der Waals surface area contributed by atoms with Crippen LogP contribution in [0.1, 0.15) is 25.2 Å². The Bertz CT molecular complexity index is 359. The predicted molar refractivity (Wildman–Crippen MR) is 53.9 cm³/mol. The van der Waals surface area contributed by atoms with Crippen molar-refractivity contribution in [1.82, 2.24) is 9.38 Å². The Hall–Kier alpha value is -0.830. The number of aromatic nitrogens is 2. The van der Waals surface area contributed by atoms with E-state index in [4.69, 9.17) is 0 Å². The molecule has 0 amide bonds. The molecule has 2 aromatic rings. The standard InChI is InChI=1S/C7H8N2S.C2H6/c1-5-3-9-6(2)4-10-7(9)8-5;1-2/h3-4H,1-2H3;1-2H3. The van der Waals surface area contributed by atoms with Crippen molar-refractivity contribution < 1.29 is 0 Å². The molecule has 0 aliphatic heterocycles. The van der Waals surface area contributed by atoms with Gasteiger partial charge in [-0.05, 0) is 13.8 Å². The van der Waals surface area contributed by atoms with E-state index >= 15 is 0 Å². The number of imidazole rings is 1. The SMILES string of the molecule is CC.Cc1cn2c(C)csc2n1. The summed E-state index contributed by atoms with van der Waals surface area (Å²) in [4.78, 5) is 5.41. The maximum absolute atomic E-state index is 4.32. The molecule has 0 aromatic carbocycles. The van der Waals surface area contributed by atoms with E-state index < -0.39 is 0 Å². The van der Waals surface area contributed by atoms with Gasteiger partial charge in [0.25, 0.3) is 0 Å². The minimum absolute atomic E-state index is 1.09. The van der Waals surface area contributed by atoms with Gasteiger partial charge in [-0.15, -0.1) is 11.3 Å². The van der Waals surface area contributed by atoms with Gasteiger partial charge in [0, 0.05) is 17.3 Å². The van der Waals surface area contributed by atoms with Crippen LogP contribution in [0.5, 0.6) is 0 Å². The average molecular weight is 182 g/mol. The molecule has 0 aliphatic carbocycles. The third kappa shape index (κ3) is 1.50. The van der Waals surface area contributed by atoms with Gasteiger partial charge in [0.15, 0.2) is 4.96 Å². The van der Waals surface area contributed by atoms with Crippen molar-refractivity contribution in [3.05, 3.63) is 23.0 Å². The molecular weight excluding hydrogens is 168 g/mol. The van der Waals surface area contributed by atoms with Crippen molar-refractivity contribution in [2.45, 2.75) is 27.7 Å². The zero-order valence-corrected chi connectivity index (χ0v) is 8.77.